The Morgan fingerprint density at radius 1 is 1.19 bits per heavy atom. The first-order valence-electron chi connectivity index (χ1n) is 10.6. The van der Waals surface area contributed by atoms with Crippen LogP contribution in [0.2, 0.25) is 5.02 Å². The van der Waals surface area contributed by atoms with E-state index in [1.165, 1.54) is 0 Å². The van der Waals surface area contributed by atoms with Crippen molar-refractivity contribution >= 4 is 39.3 Å². The highest BCUT2D eigenvalue weighted by atomic mass is 79.9. The normalized spacial score (nSPS) is 20.7. The predicted molar refractivity (Wildman–Crippen MR) is 124 cm³/mol. The number of fused-ring (bicyclic) bond motifs is 1. The predicted octanol–water partition coefficient (Wildman–Crippen LogP) is 3.63. The molecular formula is C23H26BrClN4O2. The quantitative estimate of drug-likeness (QED) is 0.481. The van der Waals surface area contributed by atoms with Gasteiger partial charge in [-0.05, 0) is 77.5 Å². The third kappa shape index (κ3) is 5.10. The Balaban J connectivity index is 1.19. The fourth-order valence-electron chi connectivity index (χ4n) is 4.50. The molecular weight excluding hydrogens is 480 g/mol. The number of nitrogens with one attached hydrogen (secondary N) is 1. The average molecular weight is 506 g/mol. The number of likely N-dealkylation sites (tertiary alicyclic amines) is 2. The summed E-state index contributed by atoms with van der Waals surface area (Å²) in [6.07, 6.45) is 2.58. The van der Waals surface area contributed by atoms with Crippen molar-refractivity contribution in [3.8, 4) is 0 Å². The summed E-state index contributed by atoms with van der Waals surface area (Å²) in [6.45, 7) is 7.11. The van der Waals surface area contributed by atoms with Crippen molar-refractivity contribution in [2.24, 2.45) is 11.8 Å². The molecule has 0 aliphatic carbocycles. The highest BCUT2D eigenvalue weighted by Crippen LogP contribution is 2.32. The Morgan fingerprint density at radius 2 is 1.94 bits per heavy atom. The molecule has 3 heterocycles. The number of hydrogen-bond donors (Lipinski definition) is 1. The third-order valence-corrected chi connectivity index (χ3v) is 7.25. The summed E-state index contributed by atoms with van der Waals surface area (Å²) in [5.41, 5.74) is 2.19. The first-order chi connectivity index (χ1) is 14.9. The molecule has 164 valence electrons. The van der Waals surface area contributed by atoms with Crippen molar-refractivity contribution in [2.45, 2.75) is 13.3 Å². The highest BCUT2D eigenvalue weighted by Gasteiger charge is 2.41. The van der Waals surface area contributed by atoms with Gasteiger partial charge in [0.25, 0.3) is 11.8 Å². The molecule has 0 bridgehead atoms. The second-order valence-corrected chi connectivity index (χ2v) is 9.56. The summed E-state index contributed by atoms with van der Waals surface area (Å²) in [4.78, 5) is 33.7. The van der Waals surface area contributed by atoms with Gasteiger partial charge in [0.1, 0.15) is 4.60 Å². The van der Waals surface area contributed by atoms with Gasteiger partial charge in [-0.25, -0.2) is 4.98 Å². The van der Waals surface area contributed by atoms with Crippen LogP contribution in [-0.2, 0) is 0 Å². The molecule has 2 atom stereocenters. The van der Waals surface area contributed by atoms with Crippen molar-refractivity contribution in [3.05, 3.63) is 62.8 Å². The van der Waals surface area contributed by atoms with Crippen LogP contribution in [0.3, 0.4) is 0 Å². The maximum atomic E-state index is 12.8. The Morgan fingerprint density at radius 3 is 2.61 bits per heavy atom. The monoisotopic (exact) mass is 504 g/mol. The Kier molecular flexibility index (Phi) is 6.94. The molecule has 2 fully saturated rings. The average Bonchev–Trinajstić information content (AvgIpc) is 3.32. The first kappa shape index (κ1) is 22.2. The fourth-order valence-corrected chi connectivity index (χ4v) is 5.10. The largest absolute Gasteiger partial charge is 0.352 e. The van der Waals surface area contributed by atoms with E-state index in [1.54, 1.807) is 24.4 Å². The highest BCUT2D eigenvalue weighted by molar-refractivity contribution is 9.10. The van der Waals surface area contributed by atoms with E-state index in [2.05, 4.69) is 31.1 Å². The lowest BCUT2D eigenvalue weighted by atomic mass is 10.0. The number of hydrogen-bond acceptors (Lipinski definition) is 4. The van der Waals surface area contributed by atoms with Crippen molar-refractivity contribution in [1.29, 1.82) is 0 Å². The van der Waals surface area contributed by atoms with Crippen LogP contribution in [0.4, 0.5) is 0 Å². The van der Waals surface area contributed by atoms with Gasteiger partial charge in [0.15, 0.2) is 0 Å². The first-order valence-corrected chi connectivity index (χ1v) is 11.8. The number of amides is 2. The number of halogens is 2. The van der Waals surface area contributed by atoms with Gasteiger partial charge in [-0.2, -0.15) is 0 Å². The van der Waals surface area contributed by atoms with E-state index in [0.29, 0.717) is 39.1 Å². The van der Waals surface area contributed by atoms with E-state index in [4.69, 9.17) is 11.6 Å². The summed E-state index contributed by atoms with van der Waals surface area (Å²) in [5.74, 6) is 1.00. The lowest BCUT2D eigenvalue weighted by molar-refractivity contribution is 0.0772. The zero-order valence-electron chi connectivity index (χ0n) is 17.5. The molecule has 2 saturated heterocycles. The summed E-state index contributed by atoms with van der Waals surface area (Å²) in [6, 6.07) is 8.99. The molecule has 1 aromatic heterocycles. The van der Waals surface area contributed by atoms with Crippen molar-refractivity contribution in [3.63, 3.8) is 0 Å². The summed E-state index contributed by atoms with van der Waals surface area (Å²) >= 11 is 9.49. The second-order valence-electron chi connectivity index (χ2n) is 8.41. The third-order valence-electron chi connectivity index (χ3n) is 6.21. The Hall–Kier alpha value is -1.96. The van der Waals surface area contributed by atoms with Crippen LogP contribution in [0.25, 0.3) is 0 Å². The number of rotatable bonds is 6. The van der Waals surface area contributed by atoms with Gasteiger partial charge in [0.05, 0.1) is 5.56 Å². The van der Waals surface area contributed by atoms with Crippen molar-refractivity contribution in [1.82, 2.24) is 20.1 Å². The van der Waals surface area contributed by atoms with Crippen LogP contribution in [0.15, 0.2) is 41.1 Å². The molecule has 6 nitrogen and oxygen atoms in total. The van der Waals surface area contributed by atoms with Gasteiger partial charge in [0, 0.05) is 49.5 Å². The lowest BCUT2D eigenvalue weighted by Crippen LogP contribution is -2.34. The molecule has 2 aliphatic rings. The van der Waals surface area contributed by atoms with E-state index >= 15 is 0 Å². The number of carbonyl (C=O) groups is 2. The SMILES string of the molecule is Cc1ccc(C(=O)NCCCN2CC3CN(C(=O)c4cccnc4Br)CC3C2)cc1Cl. The molecule has 2 aliphatic heterocycles. The van der Waals surface area contributed by atoms with E-state index in [-0.39, 0.29) is 11.8 Å². The number of carbonyl (C=O) groups excluding carboxylic acids is 2. The van der Waals surface area contributed by atoms with Crippen molar-refractivity contribution < 1.29 is 9.59 Å². The second kappa shape index (κ2) is 9.67. The van der Waals surface area contributed by atoms with E-state index in [0.717, 1.165) is 44.7 Å². The standard InChI is InChI=1S/C23H26BrClN4O2/c1-15-5-6-16(10-20(15)25)22(30)27-8-3-9-28-11-17-13-29(14-18(17)12-28)23(31)19-4-2-7-26-21(19)24/h2,4-7,10,17-18H,3,8-9,11-14H2,1H3,(H,27,30). The van der Waals surface area contributed by atoms with Gasteiger partial charge in [-0.3, -0.25) is 9.59 Å². The maximum absolute atomic E-state index is 12.8. The minimum atomic E-state index is -0.0871. The van der Waals surface area contributed by atoms with Crippen molar-refractivity contribution in [2.75, 3.05) is 39.3 Å². The molecule has 2 aromatic rings. The molecule has 2 amide bonds. The summed E-state index contributed by atoms with van der Waals surface area (Å²) in [5, 5.41) is 3.59. The number of pyridine rings is 1. The molecule has 2 unspecified atom stereocenters. The lowest BCUT2D eigenvalue weighted by Gasteiger charge is -2.22. The van der Waals surface area contributed by atoms with Gasteiger partial charge < -0.3 is 15.1 Å². The topological polar surface area (TPSA) is 65.5 Å². The molecule has 0 spiro atoms. The zero-order valence-corrected chi connectivity index (χ0v) is 19.8. The van der Waals surface area contributed by atoms with Crippen LogP contribution in [-0.4, -0.2) is 65.9 Å². The fraction of sp³-hybridized carbons (Fsp3) is 0.435. The molecule has 1 N–H and O–H groups in total. The van der Waals surface area contributed by atoms with Crippen LogP contribution >= 0.6 is 27.5 Å². The molecule has 4 rings (SSSR count). The van der Waals surface area contributed by atoms with Crippen LogP contribution in [0.5, 0.6) is 0 Å². The van der Waals surface area contributed by atoms with Gasteiger partial charge >= 0.3 is 0 Å². The summed E-state index contributed by atoms with van der Waals surface area (Å²) < 4.78 is 0.605. The molecule has 1 aromatic carbocycles. The minimum Gasteiger partial charge on any atom is -0.352 e. The number of aromatic nitrogens is 1. The van der Waals surface area contributed by atoms with Gasteiger partial charge in [-0.15, -0.1) is 0 Å². The van der Waals surface area contributed by atoms with Crippen LogP contribution in [0.1, 0.15) is 32.7 Å². The van der Waals surface area contributed by atoms with E-state index in [1.807, 2.05) is 24.0 Å². The molecule has 8 heteroatoms. The van der Waals surface area contributed by atoms with Gasteiger partial charge in [-0.1, -0.05) is 17.7 Å². The number of benzene rings is 1. The van der Waals surface area contributed by atoms with Crippen LogP contribution in [0, 0.1) is 18.8 Å². The Bertz CT molecular complexity index is 972. The minimum absolute atomic E-state index is 0.0554. The zero-order chi connectivity index (χ0) is 22.0. The smallest absolute Gasteiger partial charge is 0.256 e. The number of aryl methyl sites for hydroxylation is 1. The maximum Gasteiger partial charge on any atom is 0.256 e. The van der Waals surface area contributed by atoms with Crippen LogP contribution < -0.4 is 5.32 Å². The molecule has 0 saturated carbocycles. The van der Waals surface area contributed by atoms with E-state index in [9.17, 15) is 9.59 Å². The van der Waals surface area contributed by atoms with E-state index < -0.39 is 0 Å². The summed E-state index contributed by atoms with van der Waals surface area (Å²) in [7, 11) is 0. The number of nitrogens with zero attached hydrogens (tertiary/aromatic N) is 3. The Labute approximate surface area is 196 Å². The molecule has 31 heavy (non-hydrogen) atoms. The molecule has 0 radical (unpaired) electrons. The van der Waals surface area contributed by atoms with Gasteiger partial charge in [0.2, 0.25) is 0 Å².